The number of rotatable bonds is 5. The molecule has 1 fully saturated rings. The maximum atomic E-state index is 12.8. The molecule has 0 aliphatic carbocycles. The van der Waals surface area contributed by atoms with E-state index in [1.807, 2.05) is 7.05 Å². The van der Waals surface area contributed by atoms with E-state index >= 15 is 0 Å². The summed E-state index contributed by atoms with van der Waals surface area (Å²) in [5.74, 6) is -0.569. The summed E-state index contributed by atoms with van der Waals surface area (Å²) in [7, 11) is -1.67. The van der Waals surface area contributed by atoms with E-state index in [1.54, 1.807) is 36.4 Å². The number of esters is 1. The number of hydrogen-bond acceptors (Lipinski definition) is 5. The van der Waals surface area contributed by atoms with E-state index in [0.717, 1.165) is 5.56 Å². The Morgan fingerprint density at radius 3 is 2.41 bits per heavy atom. The molecule has 0 atom stereocenters. The van der Waals surface area contributed by atoms with Gasteiger partial charge in [-0.3, -0.25) is 0 Å². The molecule has 8 heteroatoms. The summed E-state index contributed by atoms with van der Waals surface area (Å²) in [4.78, 5) is 14.5. The van der Waals surface area contributed by atoms with Gasteiger partial charge in [0, 0.05) is 31.2 Å². The van der Waals surface area contributed by atoms with Crippen LogP contribution in [0.3, 0.4) is 0 Å². The number of carbonyl (C=O) groups is 1. The topological polar surface area (TPSA) is 66.9 Å². The van der Waals surface area contributed by atoms with Crippen molar-refractivity contribution >= 4 is 27.6 Å². The Kier molecular flexibility index (Phi) is 6.16. The Morgan fingerprint density at radius 2 is 1.74 bits per heavy atom. The van der Waals surface area contributed by atoms with Crippen molar-refractivity contribution in [1.29, 1.82) is 0 Å². The highest BCUT2D eigenvalue weighted by atomic mass is 35.5. The third-order valence-electron chi connectivity index (χ3n) is 4.45. The highest BCUT2D eigenvalue weighted by molar-refractivity contribution is 7.89. The van der Waals surface area contributed by atoms with Gasteiger partial charge >= 0.3 is 5.97 Å². The second-order valence-electron chi connectivity index (χ2n) is 6.44. The van der Waals surface area contributed by atoms with Crippen LogP contribution < -0.4 is 0 Å². The summed E-state index contributed by atoms with van der Waals surface area (Å²) in [6.07, 6.45) is 0. The zero-order chi connectivity index (χ0) is 19.4. The van der Waals surface area contributed by atoms with Crippen LogP contribution >= 0.6 is 11.6 Å². The van der Waals surface area contributed by atoms with Gasteiger partial charge in [-0.1, -0.05) is 29.8 Å². The van der Waals surface area contributed by atoms with Gasteiger partial charge in [-0.05, 0) is 42.9 Å². The first-order valence-electron chi connectivity index (χ1n) is 8.56. The third kappa shape index (κ3) is 4.87. The summed E-state index contributed by atoms with van der Waals surface area (Å²) >= 11 is 5.83. The van der Waals surface area contributed by atoms with Crippen LogP contribution in [-0.4, -0.2) is 56.8 Å². The lowest BCUT2D eigenvalue weighted by molar-refractivity contribution is 0.0472. The number of carbonyl (C=O) groups excluding carboxylic acids is 1. The van der Waals surface area contributed by atoms with E-state index in [1.165, 1.54) is 16.4 Å². The number of likely N-dealkylation sites (N-methyl/N-ethyl adjacent to an activating group) is 1. The molecule has 0 spiro atoms. The highest BCUT2D eigenvalue weighted by Crippen LogP contribution is 2.19. The summed E-state index contributed by atoms with van der Waals surface area (Å²) in [5.41, 5.74) is 1.01. The van der Waals surface area contributed by atoms with Gasteiger partial charge in [0.2, 0.25) is 10.0 Å². The monoisotopic (exact) mass is 408 g/mol. The molecule has 6 nitrogen and oxygen atoms in total. The van der Waals surface area contributed by atoms with Crippen LogP contribution in [0.25, 0.3) is 0 Å². The fraction of sp³-hybridized carbons (Fsp3) is 0.316. The zero-order valence-corrected chi connectivity index (χ0v) is 16.5. The van der Waals surface area contributed by atoms with Crippen LogP contribution in [0.4, 0.5) is 0 Å². The molecular formula is C19H21ClN2O4S. The molecule has 0 bridgehead atoms. The quantitative estimate of drug-likeness (QED) is 0.711. The van der Waals surface area contributed by atoms with E-state index in [4.69, 9.17) is 16.3 Å². The number of benzene rings is 2. The second kappa shape index (κ2) is 8.39. The first kappa shape index (κ1) is 19.8. The molecule has 0 radical (unpaired) electrons. The van der Waals surface area contributed by atoms with Crippen LogP contribution in [-0.2, 0) is 21.4 Å². The van der Waals surface area contributed by atoms with Gasteiger partial charge in [0.15, 0.2) is 0 Å². The Labute approximate surface area is 164 Å². The lowest BCUT2D eigenvalue weighted by atomic mass is 10.2. The zero-order valence-electron chi connectivity index (χ0n) is 15.0. The van der Waals surface area contributed by atoms with Gasteiger partial charge in [-0.15, -0.1) is 0 Å². The Balaban J connectivity index is 1.70. The molecule has 27 heavy (non-hydrogen) atoms. The first-order valence-corrected chi connectivity index (χ1v) is 10.4. The maximum absolute atomic E-state index is 12.8. The number of ether oxygens (including phenoxy) is 1. The van der Waals surface area contributed by atoms with E-state index in [9.17, 15) is 13.2 Å². The largest absolute Gasteiger partial charge is 0.457 e. The van der Waals surface area contributed by atoms with Crippen molar-refractivity contribution in [3.63, 3.8) is 0 Å². The van der Waals surface area contributed by atoms with Crippen molar-refractivity contribution < 1.29 is 17.9 Å². The molecule has 2 aromatic carbocycles. The van der Waals surface area contributed by atoms with Crippen LogP contribution in [0.2, 0.25) is 5.02 Å². The Morgan fingerprint density at radius 1 is 1.07 bits per heavy atom. The predicted molar refractivity (Wildman–Crippen MR) is 103 cm³/mol. The normalized spacial score (nSPS) is 16.2. The molecular weight excluding hydrogens is 388 g/mol. The van der Waals surface area contributed by atoms with Crippen molar-refractivity contribution in [1.82, 2.24) is 9.21 Å². The van der Waals surface area contributed by atoms with Gasteiger partial charge in [-0.25, -0.2) is 13.2 Å². The average molecular weight is 409 g/mol. The number of halogens is 1. The van der Waals surface area contributed by atoms with E-state index in [-0.39, 0.29) is 17.1 Å². The van der Waals surface area contributed by atoms with E-state index < -0.39 is 16.0 Å². The number of nitrogens with zero attached hydrogens (tertiary/aromatic N) is 2. The smallest absolute Gasteiger partial charge is 0.338 e. The van der Waals surface area contributed by atoms with Crippen molar-refractivity contribution in [2.24, 2.45) is 0 Å². The van der Waals surface area contributed by atoms with Gasteiger partial charge in [0.05, 0.1) is 10.5 Å². The molecule has 0 N–H and O–H groups in total. The summed E-state index contributed by atoms with van der Waals surface area (Å²) in [6.45, 7) is 2.32. The molecule has 0 aromatic heterocycles. The molecule has 1 saturated heterocycles. The van der Waals surface area contributed by atoms with Crippen LogP contribution in [0.5, 0.6) is 0 Å². The molecule has 1 aliphatic heterocycles. The molecule has 1 aliphatic rings. The lowest BCUT2D eigenvalue weighted by Gasteiger charge is -2.31. The maximum Gasteiger partial charge on any atom is 0.338 e. The minimum atomic E-state index is -3.63. The van der Waals surface area contributed by atoms with Crippen LogP contribution in [0.15, 0.2) is 53.4 Å². The van der Waals surface area contributed by atoms with Gasteiger partial charge in [0.1, 0.15) is 6.61 Å². The fourth-order valence-corrected chi connectivity index (χ4v) is 4.37. The molecule has 2 aromatic rings. The van der Waals surface area contributed by atoms with E-state index in [0.29, 0.717) is 31.2 Å². The standard InChI is InChI=1S/C19H21ClN2O4S/c1-21-9-11-22(12-10-21)27(24,25)18-4-2-3-16(13-18)19(23)26-14-15-5-7-17(20)8-6-15/h2-8,13H,9-12,14H2,1H3. The molecule has 3 rings (SSSR count). The van der Waals surface area contributed by atoms with Crippen molar-refractivity contribution in [3.05, 3.63) is 64.7 Å². The predicted octanol–water partition coefficient (Wildman–Crippen LogP) is 2.63. The van der Waals surface area contributed by atoms with E-state index in [2.05, 4.69) is 4.90 Å². The van der Waals surface area contributed by atoms with Crippen LogP contribution in [0.1, 0.15) is 15.9 Å². The van der Waals surface area contributed by atoms with Crippen molar-refractivity contribution in [2.45, 2.75) is 11.5 Å². The summed E-state index contributed by atoms with van der Waals surface area (Å²) < 4.78 is 32.4. The third-order valence-corrected chi connectivity index (χ3v) is 6.60. The first-order chi connectivity index (χ1) is 12.9. The molecule has 1 heterocycles. The fourth-order valence-electron chi connectivity index (χ4n) is 2.77. The average Bonchev–Trinajstić information content (AvgIpc) is 2.68. The lowest BCUT2D eigenvalue weighted by Crippen LogP contribution is -2.47. The SMILES string of the molecule is CN1CCN(S(=O)(=O)c2cccc(C(=O)OCc3ccc(Cl)cc3)c2)CC1. The molecule has 0 unspecified atom stereocenters. The van der Waals surface area contributed by atoms with Gasteiger partial charge in [0.25, 0.3) is 0 Å². The van der Waals surface area contributed by atoms with Crippen molar-refractivity contribution in [2.75, 3.05) is 33.2 Å². The second-order valence-corrected chi connectivity index (χ2v) is 8.81. The van der Waals surface area contributed by atoms with Gasteiger partial charge in [-0.2, -0.15) is 4.31 Å². The highest BCUT2D eigenvalue weighted by Gasteiger charge is 2.28. The molecule has 144 valence electrons. The Hall–Kier alpha value is -1.93. The van der Waals surface area contributed by atoms with Gasteiger partial charge < -0.3 is 9.64 Å². The molecule has 0 amide bonds. The molecule has 0 saturated carbocycles. The minimum Gasteiger partial charge on any atom is -0.457 e. The minimum absolute atomic E-state index is 0.0887. The van der Waals surface area contributed by atoms with Crippen molar-refractivity contribution in [3.8, 4) is 0 Å². The van der Waals surface area contributed by atoms with Crippen LogP contribution in [0, 0.1) is 0 Å². The summed E-state index contributed by atoms with van der Waals surface area (Å²) in [5, 5.41) is 0.604. The summed E-state index contributed by atoms with van der Waals surface area (Å²) in [6, 6.07) is 13.0. The number of hydrogen-bond donors (Lipinski definition) is 0. The number of sulfonamides is 1. The number of piperazine rings is 1. The Bertz CT molecular complexity index is 908.